The molecule has 137 valence electrons. The summed E-state index contributed by atoms with van der Waals surface area (Å²) in [5.41, 5.74) is -0.895. The summed E-state index contributed by atoms with van der Waals surface area (Å²) in [5, 5.41) is 0. The van der Waals surface area contributed by atoms with E-state index >= 15 is 0 Å². The number of rotatable bonds is 1. The first-order valence-electron chi connectivity index (χ1n) is 6.98. The zero-order valence-electron chi connectivity index (χ0n) is 12.7. The minimum atomic E-state index is -4.85. The van der Waals surface area contributed by atoms with Gasteiger partial charge in [-0.15, -0.1) is 0 Å². The summed E-state index contributed by atoms with van der Waals surface area (Å²) in [6, 6.07) is 8.60. The van der Waals surface area contributed by atoms with Gasteiger partial charge in [-0.3, -0.25) is 0 Å². The van der Waals surface area contributed by atoms with Gasteiger partial charge in [-0.2, -0.15) is 26.3 Å². The number of hydrogen-bond acceptors (Lipinski definition) is 0. The van der Waals surface area contributed by atoms with Gasteiger partial charge in [0.1, 0.15) is 0 Å². The molecule has 1 radical (unpaired) electrons. The Morgan fingerprint density at radius 2 is 1.19 bits per heavy atom. The van der Waals surface area contributed by atoms with E-state index in [1.54, 1.807) is 36.8 Å². The van der Waals surface area contributed by atoms with Crippen LogP contribution in [0.5, 0.6) is 0 Å². The van der Waals surface area contributed by atoms with Crippen LogP contribution in [-0.2, 0) is 29.4 Å². The van der Waals surface area contributed by atoms with Crippen LogP contribution >= 0.6 is 18.6 Å². The second-order valence-electron chi connectivity index (χ2n) is 5.24. The zero-order chi connectivity index (χ0) is 19.5. The summed E-state index contributed by atoms with van der Waals surface area (Å²) < 4.78 is 77.3. The first kappa shape index (κ1) is 21.4. The zero-order valence-corrected chi connectivity index (χ0v) is 15.8. The van der Waals surface area contributed by atoms with E-state index in [-0.39, 0.29) is 11.6 Å². The summed E-state index contributed by atoms with van der Waals surface area (Å²) in [6.07, 6.45) is -6.54. The first-order valence-corrected chi connectivity index (χ1v) is 11.3. The SMILES string of the molecule is FC(F)(F)c1cc(C2=Cc3ccccc3[CH]2)cc(C(F)(F)F)c1.[Cl][Ti][Cl]. The molecule has 0 N–H and O–H groups in total. The number of hydrogen-bond donors (Lipinski definition) is 0. The third-order valence-electron chi connectivity index (χ3n) is 3.54. The van der Waals surface area contributed by atoms with Crippen LogP contribution in [0.15, 0.2) is 42.5 Å². The molecule has 26 heavy (non-hydrogen) atoms. The quantitative estimate of drug-likeness (QED) is 0.321. The van der Waals surface area contributed by atoms with Gasteiger partial charge in [-0.25, -0.2) is 0 Å². The van der Waals surface area contributed by atoms with Crippen molar-refractivity contribution in [2.24, 2.45) is 0 Å². The minimum absolute atomic E-state index is 0.108. The number of allylic oxidation sites excluding steroid dienone is 1. The molecule has 0 saturated heterocycles. The summed E-state index contributed by atoms with van der Waals surface area (Å²) in [4.78, 5) is 0. The molecule has 2 aromatic rings. The fourth-order valence-electron chi connectivity index (χ4n) is 2.44. The maximum absolute atomic E-state index is 12.9. The van der Waals surface area contributed by atoms with Crippen molar-refractivity contribution in [1.29, 1.82) is 0 Å². The Morgan fingerprint density at radius 3 is 1.62 bits per heavy atom. The summed E-state index contributed by atoms with van der Waals surface area (Å²) in [7, 11) is 9.78. The second kappa shape index (κ2) is 8.38. The van der Waals surface area contributed by atoms with Crippen molar-refractivity contribution in [1.82, 2.24) is 0 Å². The molecular formula is C17H9Cl2F6Ti. The van der Waals surface area contributed by atoms with Gasteiger partial charge in [0.05, 0.1) is 11.1 Å². The van der Waals surface area contributed by atoms with Crippen molar-refractivity contribution < 1.29 is 43.4 Å². The van der Waals surface area contributed by atoms with E-state index in [2.05, 4.69) is 0 Å². The van der Waals surface area contributed by atoms with Gasteiger partial charge >= 0.3 is 48.0 Å². The molecular weight excluding hydrogens is 437 g/mol. The molecule has 0 aromatic heterocycles. The van der Waals surface area contributed by atoms with E-state index in [9.17, 15) is 26.3 Å². The molecule has 0 nitrogen and oxygen atoms in total. The average molecular weight is 446 g/mol. The van der Waals surface area contributed by atoms with Gasteiger partial charge in [0.2, 0.25) is 0 Å². The van der Waals surface area contributed by atoms with Crippen LogP contribution in [0.1, 0.15) is 27.8 Å². The molecule has 0 unspecified atom stereocenters. The van der Waals surface area contributed by atoms with Crippen molar-refractivity contribution in [3.63, 3.8) is 0 Å². The van der Waals surface area contributed by atoms with Gasteiger partial charge in [0, 0.05) is 6.42 Å². The van der Waals surface area contributed by atoms with Crippen molar-refractivity contribution in [2.75, 3.05) is 0 Å². The number of fused-ring (bicyclic) bond motifs is 1. The normalized spacial score (nSPS) is 13.5. The average Bonchev–Trinajstić information content (AvgIpc) is 2.97. The van der Waals surface area contributed by atoms with Gasteiger partial charge in [-0.05, 0) is 40.5 Å². The van der Waals surface area contributed by atoms with Crippen LogP contribution in [0.3, 0.4) is 0 Å². The Labute approximate surface area is 162 Å². The van der Waals surface area contributed by atoms with Crippen LogP contribution in [0.2, 0.25) is 0 Å². The monoisotopic (exact) mass is 445 g/mol. The van der Waals surface area contributed by atoms with Gasteiger partial charge in [0.15, 0.2) is 0 Å². The number of halogens is 8. The maximum atomic E-state index is 12.9. The van der Waals surface area contributed by atoms with Gasteiger partial charge in [-0.1, -0.05) is 30.3 Å². The first-order chi connectivity index (χ1) is 12.1. The molecule has 1 aliphatic rings. The molecule has 0 aliphatic heterocycles. The number of benzene rings is 2. The molecule has 0 heterocycles. The molecule has 0 spiro atoms. The standard InChI is InChI=1S/C17H9F6.2ClH.Ti/c18-16(19,20)14-7-13(8-15(9-14)17(21,22)23)12-5-10-3-1-2-4-11(10)6-12;;;/h1-9H;2*1H;/q;;;+2/p-2. The van der Waals surface area contributed by atoms with E-state index in [0.29, 0.717) is 5.57 Å². The topological polar surface area (TPSA) is 0 Å². The van der Waals surface area contributed by atoms with Crippen LogP contribution in [0.25, 0.3) is 11.6 Å². The van der Waals surface area contributed by atoms with Crippen LogP contribution in [-0.4, -0.2) is 0 Å². The Bertz CT molecular complexity index is 779. The van der Waals surface area contributed by atoms with Crippen LogP contribution in [0, 0.1) is 6.42 Å². The number of alkyl halides is 6. The Balaban J connectivity index is 0.000000758. The fraction of sp³-hybridized carbons (Fsp3) is 0.118. The fourth-order valence-corrected chi connectivity index (χ4v) is 2.44. The molecule has 1 aliphatic carbocycles. The van der Waals surface area contributed by atoms with E-state index in [4.69, 9.17) is 18.6 Å². The van der Waals surface area contributed by atoms with Crippen molar-refractivity contribution in [3.05, 3.63) is 76.7 Å². The molecule has 0 atom stereocenters. The van der Waals surface area contributed by atoms with Crippen LogP contribution in [0.4, 0.5) is 26.3 Å². The second-order valence-corrected chi connectivity index (χ2v) is 7.82. The molecule has 0 bridgehead atoms. The third kappa shape index (κ3) is 5.29. The van der Waals surface area contributed by atoms with E-state index in [0.717, 1.165) is 23.3 Å². The van der Waals surface area contributed by atoms with Crippen molar-refractivity contribution in [3.8, 4) is 0 Å². The Morgan fingerprint density at radius 1 is 0.731 bits per heavy atom. The molecule has 9 heteroatoms. The summed E-state index contributed by atoms with van der Waals surface area (Å²) in [5.74, 6) is 0. The van der Waals surface area contributed by atoms with Crippen molar-refractivity contribution >= 4 is 30.3 Å². The van der Waals surface area contributed by atoms with Gasteiger partial charge < -0.3 is 0 Å². The van der Waals surface area contributed by atoms with E-state index in [1.165, 1.54) is 0 Å². The molecule has 2 aromatic carbocycles. The predicted octanol–water partition coefficient (Wildman–Crippen LogP) is 7.21. The molecule has 0 amide bonds. The van der Waals surface area contributed by atoms with E-state index < -0.39 is 40.5 Å². The molecule has 0 saturated carbocycles. The molecule has 3 rings (SSSR count). The van der Waals surface area contributed by atoms with Crippen LogP contribution < -0.4 is 0 Å². The summed E-state index contributed by atoms with van der Waals surface area (Å²) in [6.45, 7) is 0. The van der Waals surface area contributed by atoms with Crippen molar-refractivity contribution in [2.45, 2.75) is 12.4 Å². The Hall–Kier alpha value is -0.946. The molecule has 0 fully saturated rings. The predicted molar refractivity (Wildman–Crippen MR) is 85.9 cm³/mol. The Kier molecular flexibility index (Phi) is 6.88. The summed E-state index contributed by atoms with van der Waals surface area (Å²) >= 11 is -0.556. The van der Waals surface area contributed by atoms with Gasteiger partial charge in [0.25, 0.3) is 0 Å². The third-order valence-corrected chi connectivity index (χ3v) is 3.54. The van der Waals surface area contributed by atoms with E-state index in [1.807, 2.05) is 0 Å².